The number of ether oxygens (including phenoxy) is 1. The van der Waals surface area contributed by atoms with Crippen molar-refractivity contribution in [2.75, 3.05) is 26.8 Å². The lowest BCUT2D eigenvalue weighted by molar-refractivity contribution is -0.132. The van der Waals surface area contributed by atoms with Crippen LogP contribution in [-0.4, -0.2) is 47.3 Å². The summed E-state index contributed by atoms with van der Waals surface area (Å²) in [6, 6.07) is 7.79. The van der Waals surface area contributed by atoms with Gasteiger partial charge in [0, 0.05) is 31.3 Å². The molecular formula is C29H44N2O4. The monoisotopic (exact) mass is 484 g/mol. The SMILES string of the molecule is COc1ccc2cc(C3CCCC3)c(=O)n(CC(=O)N(CCCC(C)(C)CO)CCC(C)C)c2c1. The van der Waals surface area contributed by atoms with E-state index in [1.165, 1.54) is 0 Å². The second-order valence-corrected chi connectivity index (χ2v) is 11.4. The van der Waals surface area contributed by atoms with Gasteiger partial charge in [-0.1, -0.05) is 40.5 Å². The lowest BCUT2D eigenvalue weighted by Crippen LogP contribution is -2.39. The Bertz CT molecular complexity index is 1050. The van der Waals surface area contributed by atoms with Gasteiger partial charge in [0.1, 0.15) is 12.3 Å². The average Bonchev–Trinajstić information content (AvgIpc) is 3.37. The maximum Gasteiger partial charge on any atom is 0.255 e. The van der Waals surface area contributed by atoms with Crippen molar-refractivity contribution in [3.05, 3.63) is 40.2 Å². The molecular weight excluding hydrogens is 440 g/mol. The van der Waals surface area contributed by atoms with E-state index in [0.29, 0.717) is 24.8 Å². The maximum absolute atomic E-state index is 13.7. The number of amides is 1. The number of aliphatic hydroxyl groups is 1. The van der Waals surface area contributed by atoms with E-state index in [1.54, 1.807) is 11.7 Å². The van der Waals surface area contributed by atoms with Crippen LogP contribution in [0.1, 0.15) is 84.1 Å². The van der Waals surface area contributed by atoms with Crippen molar-refractivity contribution in [1.29, 1.82) is 0 Å². The quantitative estimate of drug-likeness (QED) is 0.441. The molecule has 1 aromatic carbocycles. The first-order valence-corrected chi connectivity index (χ1v) is 13.3. The Hall–Kier alpha value is -2.34. The summed E-state index contributed by atoms with van der Waals surface area (Å²) in [7, 11) is 1.61. The highest BCUT2D eigenvalue weighted by molar-refractivity contribution is 5.84. The van der Waals surface area contributed by atoms with Gasteiger partial charge in [-0.25, -0.2) is 0 Å². The molecule has 0 bridgehead atoms. The number of hydrogen-bond acceptors (Lipinski definition) is 4. The Morgan fingerprint density at radius 2 is 1.91 bits per heavy atom. The van der Waals surface area contributed by atoms with E-state index < -0.39 is 0 Å². The zero-order valence-electron chi connectivity index (χ0n) is 22.3. The largest absolute Gasteiger partial charge is 0.497 e. The molecule has 1 aliphatic rings. The van der Waals surface area contributed by atoms with Crippen molar-refractivity contribution in [3.63, 3.8) is 0 Å². The zero-order valence-corrected chi connectivity index (χ0v) is 22.3. The molecule has 0 radical (unpaired) electrons. The van der Waals surface area contributed by atoms with E-state index >= 15 is 0 Å². The van der Waals surface area contributed by atoms with Crippen LogP contribution in [0.3, 0.4) is 0 Å². The number of rotatable bonds is 12. The Balaban J connectivity index is 1.92. The molecule has 1 amide bonds. The standard InChI is InChI=1S/C29H44N2O4/c1-21(2)13-16-30(15-8-14-29(3,4)20-32)27(33)19-31-26-18-24(35-5)12-11-23(26)17-25(28(31)34)22-9-6-7-10-22/h11-12,17-18,21-22,32H,6-10,13-16,19-20H2,1-5H3. The van der Waals surface area contributed by atoms with E-state index in [-0.39, 0.29) is 36.0 Å². The van der Waals surface area contributed by atoms with Gasteiger partial charge in [-0.15, -0.1) is 0 Å². The van der Waals surface area contributed by atoms with E-state index in [4.69, 9.17) is 4.74 Å². The van der Waals surface area contributed by atoms with Crippen LogP contribution < -0.4 is 10.3 Å². The third-order valence-electron chi connectivity index (χ3n) is 7.46. The van der Waals surface area contributed by atoms with Gasteiger partial charge in [-0.05, 0) is 72.9 Å². The summed E-state index contributed by atoms with van der Waals surface area (Å²) < 4.78 is 7.10. The molecule has 194 valence electrons. The van der Waals surface area contributed by atoms with Crippen LogP contribution in [0.2, 0.25) is 0 Å². The number of methoxy groups -OCH3 is 1. The molecule has 1 fully saturated rings. The molecule has 1 aliphatic carbocycles. The lowest BCUT2D eigenvalue weighted by Gasteiger charge is -2.27. The Morgan fingerprint density at radius 1 is 1.20 bits per heavy atom. The predicted octanol–water partition coefficient (Wildman–Crippen LogP) is 5.34. The number of fused-ring (bicyclic) bond motifs is 1. The van der Waals surface area contributed by atoms with Gasteiger partial charge >= 0.3 is 0 Å². The summed E-state index contributed by atoms with van der Waals surface area (Å²) in [6.45, 7) is 9.87. The van der Waals surface area contributed by atoms with Crippen molar-refractivity contribution in [1.82, 2.24) is 9.47 Å². The molecule has 0 saturated heterocycles. The fourth-order valence-electron chi connectivity index (χ4n) is 5.03. The molecule has 1 heterocycles. The Labute approximate surface area is 210 Å². The Kier molecular flexibility index (Phi) is 9.40. The van der Waals surface area contributed by atoms with Crippen LogP contribution >= 0.6 is 0 Å². The van der Waals surface area contributed by atoms with Crippen LogP contribution in [0.4, 0.5) is 0 Å². The number of carbonyl (C=O) groups excluding carboxylic acids is 1. The summed E-state index contributed by atoms with van der Waals surface area (Å²) in [4.78, 5) is 29.2. The van der Waals surface area contributed by atoms with Crippen LogP contribution in [0.5, 0.6) is 5.75 Å². The molecule has 1 saturated carbocycles. The van der Waals surface area contributed by atoms with Crippen LogP contribution in [0.15, 0.2) is 29.1 Å². The molecule has 6 heteroatoms. The highest BCUT2D eigenvalue weighted by atomic mass is 16.5. The van der Waals surface area contributed by atoms with Crippen molar-refractivity contribution in [2.45, 2.75) is 85.1 Å². The zero-order chi connectivity index (χ0) is 25.6. The highest BCUT2D eigenvalue weighted by Gasteiger charge is 2.24. The van der Waals surface area contributed by atoms with E-state index in [9.17, 15) is 14.7 Å². The van der Waals surface area contributed by atoms with Crippen LogP contribution in [-0.2, 0) is 11.3 Å². The number of pyridine rings is 1. The minimum Gasteiger partial charge on any atom is -0.497 e. The second kappa shape index (κ2) is 12.1. The molecule has 0 unspecified atom stereocenters. The number of aliphatic hydroxyl groups excluding tert-OH is 1. The number of aromatic nitrogens is 1. The fourth-order valence-corrected chi connectivity index (χ4v) is 5.03. The summed E-state index contributed by atoms with van der Waals surface area (Å²) in [5, 5.41) is 10.6. The van der Waals surface area contributed by atoms with Gasteiger partial charge in [0.05, 0.1) is 12.6 Å². The second-order valence-electron chi connectivity index (χ2n) is 11.4. The van der Waals surface area contributed by atoms with Gasteiger partial charge in [-0.3, -0.25) is 14.2 Å². The van der Waals surface area contributed by atoms with E-state index in [0.717, 1.165) is 61.4 Å². The van der Waals surface area contributed by atoms with Crippen molar-refractivity contribution >= 4 is 16.8 Å². The van der Waals surface area contributed by atoms with Gasteiger partial charge in [-0.2, -0.15) is 0 Å². The molecule has 3 rings (SSSR count). The molecule has 0 spiro atoms. The molecule has 2 aromatic rings. The maximum atomic E-state index is 13.7. The van der Waals surface area contributed by atoms with Gasteiger partial charge in [0.25, 0.3) is 5.56 Å². The summed E-state index contributed by atoms with van der Waals surface area (Å²) in [6.07, 6.45) is 6.95. The summed E-state index contributed by atoms with van der Waals surface area (Å²) in [5.74, 6) is 1.41. The molecule has 6 nitrogen and oxygen atoms in total. The predicted molar refractivity (Wildman–Crippen MR) is 142 cm³/mol. The number of carbonyl (C=O) groups is 1. The number of nitrogens with zero attached hydrogens (tertiary/aromatic N) is 2. The van der Waals surface area contributed by atoms with E-state index in [1.807, 2.05) is 43.0 Å². The molecule has 0 atom stereocenters. The molecule has 0 aliphatic heterocycles. The van der Waals surface area contributed by atoms with Crippen molar-refractivity contribution < 1.29 is 14.6 Å². The smallest absolute Gasteiger partial charge is 0.255 e. The third-order valence-corrected chi connectivity index (χ3v) is 7.46. The van der Waals surface area contributed by atoms with Gasteiger partial charge < -0.3 is 14.7 Å². The topological polar surface area (TPSA) is 71.8 Å². The van der Waals surface area contributed by atoms with Crippen molar-refractivity contribution in [2.24, 2.45) is 11.3 Å². The summed E-state index contributed by atoms with van der Waals surface area (Å²) >= 11 is 0. The summed E-state index contributed by atoms with van der Waals surface area (Å²) in [5.41, 5.74) is 1.38. The minimum atomic E-state index is -0.161. The number of hydrogen-bond donors (Lipinski definition) is 1. The van der Waals surface area contributed by atoms with Crippen LogP contribution in [0, 0.1) is 11.3 Å². The lowest BCUT2D eigenvalue weighted by atomic mass is 9.89. The minimum absolute atomic E-state index is 0.0257. The Morgan fingerprint density at radius 3 is 2.54 bits per heavy atom. The van der Waals surface area contributed by atoms with Gasteiger partial charge in [0.15, 0.2) is 0 Å². The first kappa shape index (κ1) is 27.3. The highest BCUT2D eigenvalue weighted by Crippen LogP contribution is 2.34. The molecule has 35 heavy (non-hydrogen) atoms. The first-order chi connectivity index (χ1) is 16.6. The van der Waals surface area contributed by atoms with Crippen LogP contribution in [0.25, 0.3) is 10.9 Å². The third kappa shape index (κ3) is 7.09. The first-order valence-electron chi connectivity index (χ1n) is 13.3. The average molecular weight is 485 g/mol. The normalized spacial score (nSPS) is 14.7. The van der Waals surface area contributed by atoms with Crippen molar-refractivity contribution in [3.8, 4) is 5.75 Å². The number of benzene rings is 1. The molecule has 1 N–H and O–H groups in total. The van der Waals surface area contributed by atoms with E-state index in [2.05, 4.69) is 13.8 Å². The van der Waals surface area contributed by atoms with Gasteiger partial charge in [0.2, 0.25) is 5.91 Å². The fraction of sp³-hybridized carbons (Fsp3) is 0.655. The molecule has 1 aromatic heterocycles.